The van der Waals surface area contributed by atoms with E-state index >= 15 is 0 Å². The first-order chi connectivity index (χ1) is 8.91. The number of nitrogens with zero attached hydrogens (tertiary/aromatic N) is 2. The number of thioether (sulfide) groups is 1. The Morgan fingerprint density at radius 1 is 1.63 bits per heavy atom. The van der Waals surface area contributed by atoms with E-state index in [9.17, 15) is 4.79 Å². The summed E-state index contributed by atoms with van der Waals surface area (Å²) in [6.07, 6.45) is 0.677. The van der Waals surface area contributed by atoms with Crippen LogP contribution in [0.25, 0.3) is 0 Å². The van der Waals surface area contributed by atoms with Crippen molar-refractivity contribution in [3.8, 4) is 0 Å². The summed E-state index contributed by atoms with van der Waals surface area (Å²) in [6, 6.07) is 0. The summed E-state index contributed by atoms with van der Waals surface area (Å²) in [5, 5.41) is 3.46. The van der Waals surface area contributed by atoms with E-state index in [1.165, 1.54) is 18.6 Å². The topological polar surface area (TPSA) is 64.1 Å². The van der Waals surface area contributed by atoms with Gasteiger partial charge in [-0.25, -0.2) is 4.98 Å². The number of aromatic nitrogens is 2. The fourth-order valence-electron chi connectivity index (χ4n) is 1.96. The molecule has 2 unspecified atom stereocenters. The second kappa shape index (κ2) is 7.21. The molecule has 0 saturated heterocycles. The first kappa shape index (κ1) is 16.4. The van der Waals surface area contributed by atoms with Gasteiger partial charge in [-0.15, -0.1) is 0 Å². The predicted octanol–water partition coefficient (Wildman–Crippen LogP) is 2.26. The summed E-state index contributed by atoms with van der Waals surface area (Å²) < 4.78 is 9.98. The van der Waals surface area contributed by atoms with Crippen LogP contribution in [0.1, 0.15) is 33.0 Å². The molecule has 0 amide bonds. The fourth-order valence-corrected chi connectivity index (χ4v) is 4.10. The summed E-state index contributed by atoms with van der Waals surface area (Å²) in [7, 11) is 1.42. The Labute approximate surface area is 122 Å². The van der Waals surface area contributed by atoms with Crippen molar-refractivity contribution in [1.82, 2.24) is 14.7 Å². The average Bonchev–Trinajstić information content (AvgIpc) is 2.73. The maximum atomic E-state index is 11.9. The van der Waals surface area contributed by atoms with Gasteiger partial charge < -0.3 is 10.1 Å². The predicted molar refractivity (Wildman–Crippen MR) is 78.7 cm³/mol. The van der Waals surface area contributed by atoms with Crippen LogP contribution in [0.4, 0.5) is 0 Å². The summed E-state index contributed by atoms with van der Waals surface area (Å²) >= 11 is 3.04. The Morgan fingerprint density at radius 2 is 2.32 bits per heavy atom. The molecule has 7 heteroatoms. The molecule has 0 saturated carbocycles. The minimum absolute atomic E-state index is 0.227. The van der Waals surface area contributed by atoms with Crippen molar-refractivity contribution in [2.24, 2.45) is 0 Å². The Bertz CT molecular complexity index is 425. The molecule has 2 atom stereocenters. The number of ether oxygens (including phenoxy) is 1. The van der Waals surface area contributed by atoms with Gasteiger partial charge in [0.2, 0.25) is 0 Å². The van der Waals surface area contributed by atoms with E-state index in [1.54, 1.807) is 11.8 Å². The minimum atomic E-state index is -0.657. The monoisotopic (exact) mass is 303 g/mol. The fraction of sp³-hybridized carbons (Fsp3) is 0.750. The summed E-state index contributed by atoms with van der Waals surface area (Å²) in [5.74, 6) is 0.567. The summed E-state index contributed by atoms with van der Waals surface area (Å²) in [4.78, 5) is 16.2. The number of hydrogen-bond acceptors (Lipinski definition) is 7. The molecule has 0 spiro atoms. The van der Waals surface area contributed by atoms with Crippen molar-refractivity contribution >= 4 is 29.3 Å². The molecule has 1 aromatic heterocycles. The van der Waals surface area contributed by atoms with Gasteiger partial charge >= 0.3 is 5.97 Å². The number of nitrogens with one attached hydrogen (secondary N) is 1. The highest BCUT2D eigenvalue weighted by Crippen LogP contribution is 2.30. The molecular formula is C12H21N3O2S2. The van der Waals surface area contributed by atoms with Crippen LogP contribution in [0.15, 0.2) is 4.34 Å². The standard InChI is InChI=1S/C12H21N3O2S2/c1-6-13-12(4,10(16)17-5)7-8(2)18-11-14-9(3)15-19-11/h8,13H,6-7H2,1-5H3. The number of rotatable bonds is 7. The molecule has 1 rings (SSSR count). The van der Waals surface area contributed by atoms with Crippen molar-refractivity contribution in [3.05, 3.63) is 5.82 Å². The van der Waals surface area contributed by atoms with Gasteiger partial charge in [0.05, 0.1) is 7.11 Å². The molecule has 19 heavy (non-hydrogen) atoms. The maximum absolute atomic E-state index is 11.9. The minimum Gasteiger partial charge on any atom is -0.468 e. The zero-order valence-corrected chi connectivity index (χ0v) is 13.7. The van der Waals surface area contributed by atoms with Crippen LogP contribution in [0.5, 0.6) is 0 Å². The van der Waals surface area contributed by atoms with Gasteiger partial charge in [-0.1, -0.05) is 25.6 Å². The lowest BCUT2D eigenvalue weighted by molar-refractivity contribution is -0.148. The molecule has 0 aliphatic heterocycles. The molecule has 0 bridgehead atoms. The van der Waals surface area contributed by atoms with Crippen LogP contribution < -0.4 is 5.32 Å². The van der Waals surface area contributed by atoms with Crippen LogP contribution in [0.2, 0.25) is 0 Å². The number of carbonyl (C=O) groups is 1. The van der Waals surface area contributed by atoms with Crippen LogP contribution in [-0.4, -0.2) is 39.8 Å². The molecule has 1 aromatic rings. The van der Waals surface area contributed by atoms with E-state index in [2.05, 4.69) is 21.6 Å². The highest BCUT2D eigenvalue weighted by molar-refractivity contribution is 8.01. The molecule has 0 fully saturated rings. The van der Waals surface area contributed by atoms with Crippen molar-refractivity contribution < 1.29 is 9.53 Å². The van der Waals surface area contributed by atoms with Gasteiger partial charge in [0, 0.05) is 5.25 Å². The molecule has 1 N–H and O–H groups in total. The van der Waals surface area contributed by atoms with Crippen molar-refractivity contribution in [2.45, 2.75) is 49.2 Å². The third-order valence-corrected chi connectivity index (χ3v) is 4.69. The quantitative estimate of drug-likeness (QED) is 0.616. The van der Waals surface area contributed by atoms with E-state index in [4.69, 9.17) is 4.74 Å². The van der Waals surface area contributed by atoms with Gasteiger partial charge in [0.15, 0.2) is 4.34 Å². The Balaban J connectivity index is 2.65. The lowest BCUT2D eigenvalue weighted by atomic mass is 9.96. The van der Waals surface area contributed by atoms with E-state index in [0.717, 1.165) is 16.7 Å². The Morgan fingerprint density at radius 3 is 2.79 bits per heavy atom. The molecule has 1 heterocycles. The molecular weight excluding hydrogens is 282 g/mol. The number of esters is 1. The smallest absolute Gasteiger partial charge is 0.325 e. The number of likely N-dealkylation sites (N-methyl/N-ethyl adjacent to an activating group) is 1. The van der Waals surface area contributed by atoms with E-state index in [1.807, 2.05) is 20.8 Å². The average molecular weight is 303 g/mol. The number of aryl methyl sites for hydroxylation is 1. The lowest BCUT2D eigenvalue weighted by Crippen LogP contribution is -2.51. The van der Waals surface area contributed by atoms with E-state index < -0.39 is 5.54 Å². The SMILES string of the molecule is CCNC(C)(CC(C)Sc1nc(C)ns1)C(=O)OC. The van der Waals surface area contributed by atoms with Gasteiger partial charge in [0.1, 0.15) is 11.4 Å². The molecule has 0 aliphatic rings. The first-order valence-electron chi connectivity index (χ1n) is 6.21. The normalized spacial score (nSPS) is 15.8. The highest BCUT2D eigenvalue weighted by Gasteiger charge is 2.35. The van der Waals surface area contributed by atoms with E-state index in [0.29, 0.717) is 6.42 Å². The maximum Gasteiger partial charge on any atom is 0.325 e. The van der Waals surface area contributed by atoms with Gasteiger partial charge in [-0.2, -0.15) is 4.37 Å². The van der Waals surface area contributed by atoms with Gasteiger partial charge in [-0.3, -0.25) is 4.79 Å². The van der Waals surface area contributed by atoms with Crippen molar-refractivity contribution in [1.29, 1.82) is 0 Å². The number of carbonyl (C=O) groups excluding carboxylic acids is 1. The molecule has 0 radical (unpaired) electrons. The van der Waals surface area contributed by atoms with Crippen LogP contribution in [0, 0.1) is 6.92 Å². The summed E-state index contributed by atoms with van der Waals surface area (Å²) in [5.41, 5.74) is -0.657. The first-order valence-corrected chi connectivity index (χ1v) is 7.87. The third-order valence-electron chi connectivity index (χ3n) is 2.71. The summed E-state index contributed by atoms with van der Waals surface area (Å²) in [6.45, 7) is 8.54. The molecule has 0 aliphatic carbocycles. The zero-order valence-electron chi connectivity index (χ0n) is 12.0. The van der Waals surface area contributed by atoms with Crippen molar-refractivity contribution in [3.63, 3.8) is 0 Å². The van der Waals surface area contributed by atoms with Crippen LogP contribution >= 0.6 is 23.3 Å². The largest absolute Gasteiger partial charge is 0.468 e. The number of methoxy groups -OCH3 is 1. The Hall–Kier alpha value is -0.660. The van der Waals surface area contributed by atoms with Crippen molar-refractivity contribution in [2.75, 3.05) is 13.7 Å². The molecule has 5 nitrogen and oxygen atoms in total. The third kappa shape index (κ3) is 4.74. The van der Waals surface area contributed by atoms with Gasteiger partial charge in [0.25, 0.3) is 0 Å². The molecule has 108 valence electrons. The second-order valence-electron chi connectivity index (χ2n) is 4.59. The van der Waals surface area contributed by atoms with E-state index in [-0.39, 0.29) is 11.2 Å². The lowest BCUT2D eigenvalue weighted by Gasteiger charge is -2.29. The highest BCUT2D eigenvalue weighted by atomic mass is 32.2. The van der Waals surface area contributed by atoms with Crippen LogP contribution in [0.3, 0.4) is 0 Å². The van der Waals surface area contributed by atoms with Gasteiger partial charge in [-0.05, 0) is 38.3 Å². The molecule has 0 aromatic carbocycles. The Kier molecular flexibility index (Phi) is 6.22. The number of hydrogen-bond donors (Lipinski definition) is 1. The zero-order chi connectivity index (χ0) is 14.5. The second-order valence-corrected chi connectivity index (χ2v) is 7.03. The van der Waals surface area contributed by atoms with Crippen LogP contribution in [-0.2, 0) is 9.53 Å².